The Labute approximate surface area is 147 Å². The number of hydrogen-bond acceptors (Lipinski definition) is 4. The maximum Gasteiger partial charge on any atom is 0.119 e. The van der Waals surface area contributed by atoms with E-state index in [1.807, 2.05) is 37.3 Å². The number of hydrogen-bond donors (Lipinski definition) is 1. The third-order valence-corrected chi connectivity index (χ3v) is 5.10. The molecule has 0 fully saturated rings. The first-order valence-electron chi connectivity index (χ1n) is 8.57. The van der Waals surface area contributed by atoms with Crippen LogP contribution in [0.4, 0.5) is 0 Å². The molecule has 128 valence electrons. The third-order valence-electron chi connectivity index (χ3n) is 5.10. The number of fused-ring (bicyclic) bond motifs is 1. The first kappa shape index (κ1) is 16.0. The Bertz CT molecular complexity index is 915. The molecule has 3 aromatic rings. The Morgan fingerprint density at radius 2 is 1.96 bits per heavy atom. The van der Waals surface area contributed by atoms with Crippen molar-refractivity contribution in [3.63, 3.8) is 0 Å². The molecular formula is C20H22N4O. The summed E-state index contributed by atoms with van der Waals surface area (Å²) in [6, 6.07) is 9.98. The minimum atomic E-state index is -0.0303. The van der Waals surface area contributed by atoms with E-state index < -0.39 is 0 Å². The number of aliphatic hydroxyl groups is 1. The van der Waals surface area contributed by atoms with Crippen LogP contribution in [0.3, 0.4) is 0 Å². The molecule has 1 atom stereocenters. The lowest BCUT2D eigenvalue weighted by molar-refractivity contribution is 0.183. The highest BCUT2D eigenvalue weighted by atomic mass is 16.3. The second-order valence-corrected chi connectivity index (χ2v) is 7.39. The zero-order valence-electron chi connectivity index (χ0n) is 14.8. The highest BCUT2D eigenvalue weighted by Gasteiger charge is 2.43. The van der Waals surface area contributed by atoms with E-state index in [9.17, 15) is 5.11 Å². The highest BCUT2D eigenvalue weighted by molar-refractivity contribution is 5.82. The van der Waals surface area contributed by atoms with Crippen LogP contribution in [0.25, 0.3) is 22.5 Å². The van der Waals surface area contributed by atoms with Gasteiger partial charge in [0.2, 0.25) is 0 Å². The standard InChI is InChI=1S/C20H22N4O/c1-13-5-4-6-16(22-13)18-17(14-7-9-21-10-8-14)19-15(11-25)20(2,3)12-24(19)23-18/h4-10,15,25H,11-12H2,1-3H3. The summed E-state index contributed by atoms with van der Waals surface area (Å²) in [4.78, 5) is 8.82. The predicted molar refractivity (Wildman–Crippen MR) is 97.0 cm³/mol. The predicted octanol–water partition coefficient (Wildman–Crippen LogP) is 3.43. The number of rotatable bonds is 3. The normalized spacial score (nSPS) is 18.3. The molecule has 0 radical (unpaired) electrons. The molecule has 3 aromatic heterocycles. The fourth-order valence-corrected chi connectivity index (χ4v) is 3.81. The van der Waals surface area contributed by atoms with Gasteiger partial charge in [-0.1, -0.05) is 19.9 Å². The van der Waals surface area contributed by atoms with Crippen molar-refractivity contribution in [3.8, 4) is 22.5 Å². The van der Waals surface area contributed by atoms with E-state index in [0.29, 0.717) is 0 Å². The summed E-state index contributed by atoms with van der Waals surface area (Å²) in [7, 11) is 0. The molecule has 1 unspecified atom stereocenters. The Morgan fingerprint density at radius 1 is 1.20 bits per heavy atom. The Morgan fingerprint density at radius 3 is 2.64 bits per heavy atom. The average Bonchev–Trinajstić information content (AvgIpc) is 3.06. The molecule has 0 spiro atoms. The number of aryl methyl sites for hydroxylation is 1. The van der Waals surface area contributed by atoms with Gasteiger partial charge in [-0.25, -0.2) is 0 Å². The molecule has 5 nitrogen and oxygen atoms in total. The lowest BCUT2D eigenvalue weighted by Crippen LogP contribution is -2.21. The largest absolute Gasteiger partial charge is 0.396 e. The average molecular weight is 334 g/mol. The molecule has 5 heteroatoms. The molecule has 0 bridgehead atoms. The molecule has 1 aliphatic heterocycles. The van der Waals surface area contributed by atoms with Gasteiger partial charge >= 0.3 is 0 Å². The van der Waals surface area contributed by atoms with Crippen LogP contribution < -0.4 is 0 Å². The van der Waals surface area contributed by atoms with Crippen molar-refractivity contribution in [2.75, 3.05) is 6.61 Å². The summed E-state index contributed by atoms with van der Waals surface area (Å²) in [5.41, 5.74) is 5.89. The second-order valence-electron chi connectivity index (χ2n) is 7.39. The molecule has 1 aliphatic rings. The summed E-state index contributed by atoms with van der Waals surface area (Å²) in [5, 5.41) is 15.0. The Balaban J connectivity index is 1.99. The second kappa shape index (κ2) is 5.77. The van der Waals surface area contributed by atoms with Crippen LogP contribution in [-0.2, 0) is 6.54 Å². The van der Waals surface area contributed by atoms with Gasteiger partial charge in [-0.2, -0.15) is 5.10 Å². The first-order chi connectivity index (χ1) is 12.0. The molecular weight excluding hydrogens is 312 g/mol. The first-order valence-corrected chi connectivity index (χ1v) is 8.57. The lowest BCUT2D eigenvalue weighted by Gasteiger charge is -2.25. The van der Waals surface area contributed by atoms with Crippen molar-refractivity contribution < 1.29 is 5.11 Å². The zero-order valence-corrected chi connectivity index (χ0v) is 14.8. The van der Waals surface area contributed by atoms with Crippen LogP contribution in [-0.4, -0.2) is 31.5 Å². The fraction of sp³-hybridized carbons (Fsp3) is 0.350. The van der Waals surface area contributed by atoms with Crippen molar-refractivity contribution in [1.82, 2.24) is 19.7 Å². The third kappa shape index (κ3) is 2.55. The lowest BCUT2D eigenvalue weighted by atomic mass is 9.78. The quantitative estimate of drug-likeness (QED) is 0.797. The van der Waals surface area contributed by atoms with Crippen LogP contribution in [0, 0.1) is 12.3 Å². The summed E-state index contributed by atoms with van der Waals surface area (Å²) >= 11 is 0. The molecule has 0 amide bonds. The van der Waals surface area contributed by atoms with Gasteiger partial charge in [0.05, 0.1) is 18.0 Å². The maximum absolute atomic E-state index is 10.1. The molecule has 4 rings (SSSR count). The monoisotopic (exact) mass is 334 g/mol. The molecule has 0 aliphatic carbocycles. The number of aliphatic hydroxyl groups excluding tert-OH is 1. The van der Waals surface area contributed by atoms with Crippen LogP contribution in [0.5, 0.6) is 0 Å². The number of pyridine rings is 2. The van der Waals surface area contributed by atoms with E-state index in [2.05, 4.69) is 28.5 Å². The smallest absolute Gasteiger partial charge is 0.119 e. The van der Waals surface area contributed by atoms with E-state index in [1.165, 1.54) is 0 Å². The van der Waals surface area contributed by atoms with Crippen molar-refractivity contribution in [3.05, 3.63) is 54.1 Å². The van der Waals surface area contributed by atoms with Gasteiger partial charge in [-0.15, -0.1) is 0 Å². The molecule has 0 aromatic carbocycles. The zero-order chi connectivity index (χ0) is 17.6. The highest BCUT2D eigenvalue weighted by Crippen LogP contribution is 2.49. The van der Waals surface area contributed by atoms with E-state index in [0.717, 1.165) is 40.4 Å². The van der Waals surface area contributed by atoms with Crippen molar-refractivity contribution in [1.29, 1.82) is 0 Å². The van der Waals surface area contributed by atoms with Gasteiger partial charge < -0.3 is 5.11 Å². The number of nitrogens with zero attached hydrogens (tertiary/aromatic N) is 4. The van der Waals surface area contributed by atoms with Crippen molar-refractivity contribution >= 4 is 0 Å². The van der Waals surface area contributed by atoms with Crippen LogP contribution in [0.2, 0.25) is 0 Å². The topological polar surface area (TPSA) is 63.8 Å². The van der Waals surface area contributed by atoms with E-state index in [1.54, 1.807) is 12.4 Å². The van der Waals surface area contributed by atoms with E-state index >= 15 is 0 Å². The van der Waals surface area contributed by atoms with Crippen molar-refractivity contribution in [2.24, 2.45) is 5.41 Å². The minimum absolute atomic E-state index is 0.0303. The summed E-state index contributed by atoms with van der Waals surface area (Å²) in [6.45, 7) is 7.25. The van der Waals surface area contributed by atoms with Crippen LogP contribution >= 0.6 is 0 Å². The van der Waals surface area contributed by atoms with E-state index in [-0.39, 0.29) is 17.9 Å². The summed E-state index contributed by atoms with van der Waals surface area (Å²) in [5.74, 6) is 0.0433. The molecule has 1 N–H and O–H groups in total. The summed E-state index contributed by atoms with van der Waals surface area (Å²) < 4.78 is 2.05. The maximum atomic E-state index is 10.1. The Kier molecular flexibility index (Phi) is 3.69. The molecule has 0 saturated heterocycles. The fourth-order valence-electron chi connectivity index (χ4n) is 3.81. The summed E-state index contributed by atoms with van der Waals surface area (Å²) in [6.07, 6.45) is 3.59. The Hall–Kier alpha value is -2.53. The van der Waals surface area contributed by atoms with Gasteiger partial charge in [0.1, 0.15) is 5.69 Å². The SMILES string of the molecule is Cc1cccc(-c2nn3c(c2-c2ccncc2)C(CO)C(C)(C)C3)n1. The molecule has 0 saturated carbocycles. The van der Waals surface area contributed by atoms with Crippen molar-refractivity contribution in [2.45, 2.75) is 33.2 Å². The molecule has 25 heavy (non-hydrogen) atoms. The molecule has 4 heterocycles. The van der Waals surface area contributed by atoms with Gasteiger partial charge in [-0.05, 0) is 42.2 Å². The minimum Gasteiger partial charge on any atom is -0.396 e. The van der Waals surface area contributed by atoms with Crippen LogP contribution in [0.15, 0.2) is 42.7 Å². The van der Waals surface area contributed by atoms with Gasteiger partial charge in [0, 0.05) is 36.1 Å². The van der Waals surface area contributed by atoms with Gasteiger partial charge in [0.15, 0.2) is 0 Å². The van der Waals surface area contributed by atoms with E-state index in [4.69, 9.17) is 5.10 Å². The van der Waals surface area contributed by atoms with Gasteiger partial charge in [0.25, 0.3) is 0 Å². The van der Waals surface area contributed by atoms with Crippen LogP contribution in [0.1, 0.15) is 31.2 Å². The van der Waals surface area contributed by atoms with Gasteiger partial charge in [-0.3, -0.25) is 14.6 Å². The number of aromatic nitrogens is 4.